The molecule has 9 aromatic rings. The zero-order valence-electron chi connectivity index (χ0n) is 33.2. The number of rotatable bonds is 6. The van der Waals surface area contributed by atoms with Gasteiger partial charge in [0.2, 0.25) is 0 Å². The molecule has 2 heteroatoms. The topological polar surface area (TPSA) is 8.17 Å². The Morgan fingerprint density at radius 2 is 0.946 bits per heavy atom. The summed E-state index contributed by atoms with van der Waals surface area (Å²) in [4.78, 5) is 2.55. The molecule has 1 heterocycles. The second-order valence-corrected chi connectivity index (χ2v) is 17.1. The van der Waals surface area contributed by atoms with E-state index >= 15 is 0 Å². The minimum atomic E-state index is -0.0588. The van der Waals surface area contributed by atoms with Crippen LogP contribution in [0.5, 0.6) is 0 Å². The summed E-state index contributed by atoms with van der Waals surface area (Å²) in [7, 11) is 0. The summed E-state index contributed by atoms with van der Waals surface area (Å²) in [5, 5.41) is 4.93. The summed E-state index contributed by atoms with van der Waals surface area (Å²) < 4.78 is 2.42. The Bertz CT molecular complexity index is 2830. The van der Waals surface area contributed by atoms with Gasteiger partial charge in [-0.25, -0.2) is 0 Å². The van der Waals surface area contributed by atoms with Crippen molar-refractivity contribution in [1.82, 2.24) is 4.57 Å². The molecule has 1 aromatic heterocycles. The fraction of sp³-hybridized carbons (Fsp3) is 0.148. The summed E-state index contributed by atoms with van der Waals surface area (Å²) in [6, 6.07) is 67.0. The summed E-state index contributed by atoms with van der Waals surface area (Å²) in [5.74, 6) is 0. The maximum absolute atomic E-state index is 2.55. The molecule has 0 aliphatic rings. The third-order valence-electron chi connectivity index (χ3n) is 11.3. The lowest BCUT2D eigenvalue weighted by molar-refractivity contribution is 0.569. The van der Waals surface area contributed by atoms with Crippen LogP contribution in [0.3, 0.4) is 0 Å². The fourth-order valence-corrected chi connectivity index (χ4v) is 8.38. The Morgan fingerprint density at radius 1 is 0.411 bits per heavy atom. The van der Waals surface area contributed by atoms with Gasteiger partial charge in [-0.3, -0.25) is 0 Å². The molecular formula is C54H48N2. The number of anilines is 3. The summed E-state index contributed by atoms with van der Waals surface area (Å²) >= 11 is 0. The standard InChI is InChI=1S/C54H48N2/c1-53(2,3)39-34-40(54(4,5)6)36-42(35-39)56(50-33-19-32-49-52(50)46-27-14-16-31-48(46)55(49)41-24-11-8-12-25-41)47-30-15-13-26-44(47)45-29-18-23-38-22-17-28-43(51(38)45)37-20-9-7-10-21-37/h7-36H,1-6H3. The van der Waals surface area contributed by atoms with Gasteiger partial charge < -0.3 is 9.47 Å². The zero-order valence-corrected chi connectivity index (χ0v) is 33.2. The lowest BCUT2D eigenvalue weighted by atomic mass is 9.80. The normalized spacial score (nSPS) is 12.1. The second-order valence-electron chi connectivity index (χ2n) is 17.1. The molecule has 0 saturated heterocycles. The van der Waals surface area contributed by atoms with E-state index in [0.717, 1.165) is 22.7 Å². The van der Waals surface area contributed by atoms with Crippen molar-refractivity contribution in [2.45, 2.75) is 52.4 Å². The van der Waals surface area contributed by atoms with Crippen LogP contribution in [-0.2, 0) is 10.8 Å². The molecule has 0 saturated carbocycles. The lowest BCUT2D eigenvalue weighted by Crippen LogP contribution is -2.19. The first-order valence-corrected chi connectivity index (χ1v) is 19.8. The molecule has 0 bridgehead atoms. The van der Waals surface area contributed by atoms with Crippen LogP contribution >= 0.6 is 0 Å². The molecule has 0 atom stereocenters. The summed E-state index contributed by atoms with van der Waals surface area (Å²) in [6.07, 6.45) is 0. The number of benzene rings is 8. The molecule has 0 aliphatic carbocycles. The molecule has 0 radical (unpaired) electrons. The maximum atomic E-state index is 2.55. The van der Waals surface area contributed by atoms with E-state index in [1.54, 1.807) is 0 Å². The van der Waals surface area contributed by atoms with Crippen molar-refractivity contribution >= 4 is 49.6 Å². The molecule has 0 amide bonds. The molecule has 8 aromatic carbocycles. The van der Waals surface area contributed by atoms with Crippen molar-refractivity contribution in [3.05, 3.63) is 193 Å². The van der Waals surface area contributed by atoms with E-state index in [9.17, 15) is 0 Å². The van der Waals surface area contributed by atoms with E-state index in [1.165, 1.54) is 66.0 Å². The van der Waals surface area contributed by atoms with E-state index in [4.69, 9.17) is 0 Å². The number of hydrogen-bond donors (Lipinski definition) is 0. The van der Waals surface area contributed by atoms with Crippen LogP contribution in [0, 0.1) is 0 Å². The van der Waals surface area contributed by atoms with E-state index < -0.39 is 0 Å². The zero-order chi connectivity index (χ0) is 38.6. The predicted molar refractivity (Wildman–Crippen MR) is 241 cm³/mol. The Balaban J connectivity index is 1.41. The first-order valence-electron chi connectivity index (χ1n) is 19.8. The summed E-state index contributed by atoms with van der Waals surface area (Å²) in [5.41, 5.74) is 14.3. The molecule has 0 unspecified atom stereocenters. The number of hydrogen-bond acceptors (Lipinski definition) is 1. The van der Waals surface area contributed by atoms with Crippen LogP contribution in [0.25, 0.3) is 60.5 Å². The first-order chi connectivity index (χ1) is 27.1. The van der Waals surface area contributed by atoms with Crippen molar-refractivity contribution < 1.29 is 0 Å². The second kappa shape index (κ2) is 13.7. The van der Waals surface area contributed by atoms with E-state index in [-0.39, 0.29) is 10.8 Å². The average molecular weight is 725 g/mol. The number of fused-ring (bicyclic) bond motifs is 4. The van der Waals surface area contributed by atoms with Crippen LogP contribution in [0.4, 0.5) is 17.1 Å². The van der Waals surface area contributed by atoms with Crippen LogP contribution in [-0.4, -0.2) is 4.57 Å². The van der Waals surface area contributed by atoms with E-state index in [1.807, 2.05) is 0 Å². The molecule has 0 N–H and O–H groups in total. The van der Waals surface area contributed by atoms with Crippen molar-refractivity contribution in [2.75, 3.05) is 4.90 Å². The first kappa shape index (κ1) is 35.3. The molecule has 2 nitrogen and oxygen atoms in total. The van der Waals surface area contributed by atoms with Crippen molar-refractivity contribution in [3.63, 3.8) is 0 Å². The minimum Gasteiger partial charge on any atom is -0.309 e. The molecule has 274 valence electrons. The monoisotopic (exact) mass is 724 g/mol. The quantitative estimate of drug-likeness (QED) is 0.166. The Kier molecular flexibility index (Phi) is 8.66. The number of aromatic nitrogens is 1. The van der Waals surface area contributed by atoms with Gasteiger partial charge in [0.15, 0.2) is 0 Å². The minimum absolute atomic E-state index is 0.0588. The van der Waals surface area contributed by atoms with Crippen molar-refractivity contribution in [3.8, 4) is 27.9 Å². The maximum Gasteiger partial charge on any atom is 0.0562 e. The molecule has 0 aliphatic heterocycles. The third kappa shape index (κ3) is 6.16. The number of nitrogens with zero attached hydrogens (tertiary/aromatic N) is 2. The van der Waals surface area contributed by atoms with Gasteiger partial charge in [-0.2, -0.15) is 0 Å². The summed E-state index contributed by atoms with van der Waals surface area (Å²) in [6.45, 7) is 14.0. The molecular weight excluding hydrogens is 677 g/mol. The van der Waals surface area contributed by atoms with Gasteiger partial charge in [0, 0.05) is 27.7 Å². The van der Waals surface area contributed by atoms with E-state index in [2.05, 4.69) is 233 Å². The van der Waals surface area contributed by atoms with Crippen molar-refractivity contribution in [2.24, 2.45) is 0 Å². The van der Waals surface area contributed by atoms with Gasteiger partial charge in [0.25, 0.3) is 0 Å². The van der Waals surface area contributed by atoms with Gasteiger partial charge in [0.1, 0.15) is 0 Å². The van der Waals surface area contributed by atoms with Crippen molar-refractivity contribution in [1.29, 1.82) is 0 Å². The van der Waals surface area contributed by atoms with Crippen LogP contribution in [0.15, 0.2) is 182 Å². The SMILES string of the molecule is CC(C)(C)c1cc(N(c2ccccc2-c2cccc3cccc(-c4ccccc4)c23)c2cccc3c2c2ccccc2n3-c2ccccc2)cc(C(C)(C)C)c1. The van der Waals surface area contributed by atoms with Gasteiger partial charge in [-0.1, -0.05) is 175 Å². The van der Waals surface area contributed by atoms with Gasteiger partial charge in [-0.05, 0) is 98.0 Å². The molecule has 9 rings (SSSR count). The van der Waals surface area contributed by atoms with E-state index in [0.29, 0.717) is 0 Å². The highest BCUT2D eigenvalue weighted by atomic mass is 15.2. The third-order valence-corrected chi connectivity index (χ3v) is 11.3. The van der Waals surface area contributed by atoms with Crippen LogP contribution in [0.2, 0.25) is 0 Å². The molecule has 56 heavy (non-hydrogen) atoms. The highest BCUT2D eigenvalue weighted by molar-refractivity contribution is 6.17. The highest BCUT2D eigenvalue weighted by Gasteiger charge is 2.27. The largest absolute Gasteiger partial charge is 0.309 e. The Morgan fingerprint density at radius 3 is 1.64 bits per heavy atom. The van der Waals surface area contributed by atoms with Crippen LogP contribution in [0.1, 0.15) is 52.7 Å². The van der Waals surface area contributed by atoms with Gasteiger partial charge in [0.05, 0.1) is 22.4 Å². The smallest absolute Gasteiger partial charge is 0.0562 e. The predicted octanol–water partition coefficient (Wildman–Crippen LogP) is 15.3. The Hall–Kier alpha value is -6.38. The lowest BCUT2D eigenvalue weighted by Gasteiger charge is -2.33. The molecule has 0 spiro atoms. The fourth-order valence-electron chi connectivity index (χ4n) is 8.38. The van der Waals surface area contributed by atoms with Gasteiger partial charge >= 0.3 is 0 Å². The highest BCUT2D eigenvalue weighted by Crippen LogP contribution is 2.49. The number of para-hydroxylation sites is 3. The van der Waals surface area contributed by atoms with Crippen LogP contribution < -0.4 is 4.90 Å². The molecule has 0 fully saturated rings. The Labute approximate surface area is 331 Å². The average Bonchev–Trinajstić information content (AvgIpc) is 3.56. The van der Waals surface area contributed by atoms with Gasteiger partial charge in [-0.15, -0.1) is 0 Å².